The average Bonchev–Trinajstić information content (AvgIpc) is 3.06. The van der Waals surface area contributed by atoms with Crippen LogP contribution in [0.15, 0.2) is 4.52 Å². The smallest absolute Gasteiger partial charge is 0.231 e. The number of nitrogens with zero attached hydrogens (tertiary/aromatic N) is 3. The molecule has 0 aromatic carbocycles. The van der Waals surface area contributed by atoms with Gasteiger partial charge in [0.1, 0.15) is 5.60 Å². The summed E-state index contributed by atoms with van der Waals surface area (Å²) in [4.78, 5) is 4.53. The van der Waals surface area contributed by atoms with E-state index in [0.717, 1.165) is 32.1 Å². The Bertz CT molecular complexity index is 480. The maximum Gasteiger partial charge on any atom is 0.231 e. The molecule has 0 spiro atoms. The van der Waals surface area contributed by atoms with Crippen molar-refractivity contribution in [2.24, 2.45) is 5.92 Å². The highest BCUT2D eigenvalue weighted by molar-refractivity contribution is 5.16. The van der Waals surface area contributed by atoms with E-state index in [1.807, 2.05) is 6.92 Å². The number of rotatable bonds is 4. The fourth-order valence-electron chi connectivity index (χ4n) is 3.01. The van der Waals surface area contributed by atoms with Gasteiger partial charge in [0.25, 0.3) is 0 Å². The number of ether oxygens (including phenoxy) is 1. The van der Waals surface area contributed by atoms with Crippen LogP contribution in [0.3, 0.4) is 0 Å². The van der Waals surface area contributed by atoms with E-state index in [1.165, 1.54) is 6.42 Å². The summed E-state index contributed by atoms with van der Waals surface area (Å²) in [5.41, 5.74) is -0.355. The Morgan fingerprint density at radius 2 is 2.21 bits per heavy atom. The van der Waals surface area contributed by atoms with Crippen molar-refractivity contribution in [3.8, 4) is 6.07 Å². The number of hydrogen-bond acceptors (Lipinski definition) is 5. The van der Waals surface area contributed by atoms with E-state index < -0.39 is 0 Å². The van der Waals surface area contributed by atoms with Gasteiger partial charge in [0.15, 0.2) is 0 Å². The van der Waals surface area contributed by atoms with E-state index in [9.17, 15) is 0 Å². The van der Waals surface area contributed by atoms with Crippen LogP contribution in [0.4, 0.5) is 0 Å². The Morgan fingerprint density at radius 1 is 1.42 bits per heavy atom. The van der Waals surface area contributed by atoms with Gasteiger partial charge in [-0.1, -0.05) is 24.4 Å². The molecule has 1 heterocycles. The fourth-order valence-corrected chi connectivity index (χ4v) is 3.01. The van der Waals surface area contributed by atoms with Crippen LogP contribution in [0.5, 0.6) is 0 Å². The minimum atomic E-state index is -0.355. The Labute approximate surface area is 112 Å². The topological polar surface area (TPSA) is 71.9 Å². The number of aromatic nitrogens is 2. The minimum Gasteiger partial charge on any atom is -0.367 e. The van der Waals surface area contributed by atoms with E-state index in [1.54, 1.807) is 0 Å². The first-order chi connectivity index (χ1) is 9.29. The third-order valence-corrected chi connectivity index (χ3v) is 4.20. The van der Waals surface area contributed by atoms with Crippen LogP contribution in [-0.2, 0) is 10.3 Å². The molecule has 1 aromatic rings. The van der Waals surface area contributed by atoms with Gasteiger partial charge in [0, 0.05) is 6.61 Å². The first kappa shape index (κ1) is 12.6. The highest BCUT2D eigenvalue weighted by atomic mass is 16.5. The zero-order chi connectivity index (χ0) is 13.3. The summed E-state index contributed by atoms with van der Waals surface area (Å²) in [5.74, 6) is 1.51. The van der Waals surface area contributed by atoms with Crippen LogP contribution in [0.2, 0.25) is 0 Å². The molecule has 0 amide bonds. The second-order valence-corrected chi connectivity index (χ2v) is 5.52. The van der Waals surface area contributed by atoms with Gasteiger partial charge in [-0.05, 0) is 26.2 Å². The molecular weight excluding hydrogens is 242 g/mol. The largest absolute Gasteiger partial charge is 0.367 e. The lowest BCUT2D eigenvalue weighted by Crippen LogP contribution is -2.33. The Balaban J connectivity index is 1.81. The molecular formula is C14H19N3O2. The van der Waals surface area contributed by atoms with Crippen LogP contribution in [0.1, 0.15) is 63.1 Å². The van der Waals surface area contributed by atoms with Crippen molar-refractivity contribution < 1.29 is 9.26 Å². The lowest BCUT2D eigenvalue weighted by Gasteiger charge is -2.33. The maximum absolute atomic E-state index is 8.86. The van der Waals surface area contributed by atoms with Crippen molar-refractivity contribution in [2.45, 2.75) is 57.0 Å². The minimum absolute atomic E-state index is 0.0581. The Morgan fingerprint density at radius 3 is 2.84 bits per heavy atom. The van der Waals surface area contributed by atoms with Gasteiger partial charge in [-0.15, -0.1) is 0 Å². The highest BCUT2D eigenvalue weighted by Gasteiger charge is 2.45. The molecule has 2 aliphatic carbocycles. The van der Waals surface area contributed by atoms with Crippen molar-refractivity contribution in [1.29, 1.82) is 5.26 Å². The SMILES string of the molecule is CCOC1(c2noc(C3CC3C#N)n2)CCCCC1. The van der Waals surface area contributed by atoms with Gasteiger partial charge in [-0.2, -0.15) is 10.2 Å². The van der Waals surface area contributed by atoms with Crippen molar-refractivity contribution >= 4 is 0 Å². The monoisotopic (exact) mass is 261 g/mol. The van der Waals surface area contributed by atoms with E-state index in [2.05, 4.69) is 16.2 Å². The Hall–Kier alpha value is -1.41. The molecule has 19 heavy (non-hydrogen) atoms. The van der Waals surface area contributed by atoms with E-state index in [0.29, 0.717) is 18.3 Å². The number of nitriles is 1. The molecule has 3 rings (SSSR count). The van der Waals surface area contributed by atoms with Crippen LogP contribution in [0, 0.1) is 17.2 Å². The predicted octanol–water partition coefficient (Wildman–Crippen LogP) is 2.89. The lowest BCUT2D eigenvalue weighted by atomic mass is 9.84. The van der Waals surface area contributed by atoms with Gasteiger partial charge in [-0.25, -0.2) is 0 Å². The molecule has 2 saturated carbocycles. The molecule has 2 atom stereocenters. The summed E-state index contributed by atoms with van der Waals surface area (Å²) in [5, 5.41) is 13.0. The fraction of sp³-hybridized carbons (Fsp3) is 0.786. The van der Waals surface area contributed by atoms with Crippen LogP contribution < -0.4 is 0 Å². The summed E-state index contributed by atoms with van der Waals surface area (Å²) in [7, 11) is 0. The zero-order valence-electron chi connectivity index (χ0n) is 11.3. The molecule has 0 bridgehead atoms. The van der Waals surface area contributed by atoms with E-state index in [4.69, 9.17) is 14.5 Å². The summed E-state index contributed by atoms with van der Waals surface area (Å²) in [6.07, 6.45) is 6.32. The molecule has 2 unspecified atom stereocenters. The number of hydrogen-bond donors (Lipinski definition) is 0. The summed E-state index contributed by atoms with van der Waals surface area (Å²) in [6.45, 7) is 2.66. The standard InChI is InChI=1S/C14H19N3O2/c1-2-18-14(6-4-3-5-7-14)13-16-12(19-17-13)11-8-10(11)9-15/h10-11H,2-8H2,1H3. The van der Waals surface area contributed by atoms with Gasteiger partial charge in [-0.3, -0.25) is 0 Å². The van der Waals surface area contributed by atoms with Gasteiger partial charge < -0.3 is 9.26 Å². The maximum atomic E-state index is 8.86. The third-order valence-electron chi connectivity index (χ3n) is 4.20. The van der Waals surface area contributed by atoms with Crippen LogP contribution in [-0.4, -0.2) is 16.7 Å². The van der Waals surface area contributed by atoms with Gasteiger partial charge >= 0.3 is 0 Å². The summed E-state index contributed by atoms with van der Waals surface area (Å²) >= 11 is 0. The third kappa shape index (κ3) is 2.25. The first-order valence-electron chi connectivity index (χ1n) is 7.17. The molecule has 5 nitrogen and oxygen atoms in total. The second-order valence-electron chi connectivity index (χ2n) is 5.52. The van der Waals surface area contributed by atoms with E-state index in [-0.39, 0.29) is 17.4 Å². The van der Waals surface area contributed by atoms with Crippen LogP contribution >= 0.6 is 0 Å². The molecule has 1 aromatic heterocycles. The molecule has 2 aliphatic rings. The average molecular weight is 261 g/mol. The first-order valence-corrected chi connectivity index (χ1v) is 7.17. The molecule has 0 aliphatic heterocycles. The summed E-state index contributed by atoms with van der Waals surface area (Å²) in [6, 6.07) is 2.25. The second kappa shape index (κ2) is 4.93. The molecule has 102 valence electrons. The molecule has 5 heteroatoms. The van der Waals surface area contributed by atoms with Crippen molar-refractivity contribution in [2.75, 3.05) is 6.61 Å². The molecule has 0 radical (unpaired) electrons. The van der Waals surface area contributed by atoms with Gasteiger partial charge in [0.05, 0.1) is 17.9 Å². The molecule has 0 saturated heterocycles. The van der Waals surface area contributed by atoms with Crippen molar-refractivity contribution in [3.05, 3.63) is 11.7 Å². The molecule has 0 N–H and O–H groups in total. The normalized spacial score (nSPS) is 28.8. The Kier molecular flexibility index (Phi) is 3.28. The van der Waals surface area contributed by atoms with Crippen molar-refractivity contribution in [3.63, 3.8) is 0 Å². The zero-order valence-corrected chi connectivity index (χ0v) is 11.3. The lowest BCUT2D eigenvalue weighted by molar-refractivity contribution is -0.0777. The highest BCUT2D eigenvalue weighted by Crippen LogP contribution is 2.47. The van der Waals surface area contributed by atoms with E-state index >= 15 is 0 Å². The summed E-state index contributed by atoms with van der Waals surface area (Å²) < 4.78 is 11.3. The van der Waals surface area contributed by atoms with Crippen LogP contribution in [0.25, 0.3) is 0 Å². The predicted molar refractivity (Wildman–Crippen MR) is 67.1 cm³/mol. The van der Waals surface area contributed by atoms with Crippen molar-refractivity contribution in [1.82, 2.24) is 10.1 Å². The van der Waals surface area contributed by atoms with Gasteiger partial charge in [0.2, 0.25) is 11.7 Å². The molecule has 2 fully saturated rings. The quantitative estimate of drug-likeness (QED) is 0.833.